The van der Waals surface area contributed by atoms with Crippen molar-refractivity contribution < 1.29 is 0 Å². The van der Waals surface area contributed by atoms with Crippen LogP contribution >= 0.6 is 0 Å². The van der Waals surface area contributed by atoms with Gasteiger partial charge in [-0.15, -0.1) is 0 Å². The number of hydrogen-bond acceptors (Lipinski definition) is 2. The number of rotatable bonds is 2. The van der Waals surface area contributed by atoms with Crippen LogP contribution in [0.2, 0.25) is 0 Å². The van der Waals surface area contributed by atoms with Crippen molar-refractivity contribution in [2.75, 3.05) is 0 Å². The van der Waals surface area contributed by atoms with E-state index in [2.05, 4.69) is 41.1 Å². The van der Waals surface area contributed by atoms with Crippen LogP contribution < -0.4 is 5.56 Å². The van der Waals surface area contributed by atoms with Crippen molar-refractivity contribution in [3.63, 3.8) is 0 Å². The molecule has 2 aromatic carbocycles. The monoisotopic (exact) mass is 432 g/mol. The van der Waals surface area contributed by atoms with Crippen LogP contribution in [0.1, 0.15) is 68.5 Å². The van der Waals surface area contributed by atoms with Crippen LogP contribution in [0.4, 0.5) is 0 Å². The summed E-state index contributed by atoms with van der Waals surface area (Å²) in [5.74, 6) is 8.04. The molecule has 6 rings (SSSR count). The Morgan fingerprint density at radius 1 is 0.818 bits per heavy atom. The zero-order chi connectivity index (χ0) is 22.2. The van der Waals surface area contributed by atoms with E-state index in [0.29, 0.717) is 11.8 Å². The first-order chi connectivity index (χ1) is 16.3. The number of nitrogens with zero attached hydrogens (tertiary/aromatic N) is 2. The summed E-state index contributed by atoms with van der Waals surface area (Å²) in [6.45, 7) is 0. The summed E-state index contributed by atoms with van der Waals surface area (Å²) in [4.78, 5) is 18.7. The smallest absolute Gasteiger partial charge is 0.264 e. The van der Waals surface area contributed by atoms with Crippen molar-refractivity contribution >= 4 is 21.7 Å². The highest BCUT2D eigenvalue weighted by Crippen LogP contribution is 2.39. The molecular weight excluding hydrogens is 404 g/mol. The van der Waals surface area contributed by atoms with Gasteiger partial charge in [0.15, 0.2) is 0 Å². The molecule has 0 bridgehead atoms. The molecule has 0 atom stereocenters. The Bertz CT molecular complexity index is 1450. The molecule has 33 heavy (non-hydrogen) atoms. The second-order valence-electron chi connectivity index (χ2n) is 9.53. The van der Waals surface area contributed by atoms with Gasteiger partial charge in [0, 0.05) is 22.9 Å². The molecule has 2 saturated carbocycles. The summed E-state index contributed by atoms with van der Waals surface area (Å²) in [5.41, 5.74) is 3.83. The van der Waals surface area contributed by atoms with E-state index in [-0.39, 0.29) is 5.56 Å². The lowest BCUT2D eigenvalue weighted by Crippen LogP contribution is -2.24. The third kappa shape index (κ3) is 3.55. The molecule has 0 N–H and O–H groups in total. The third-order valence-corrected chi connectivity index (χ3v) is 7.50. The Kier molecular flexibility index (Phi) is 5.23. The predicted molar refractivity (Wildman–Crippen MR) is 135 cm³/mol. The van der Waals surface area contributed by atoms with Gasteiger partial charge in [-0.05, 0) is 66.7 Å². The summed E-state index contributed by atoms with van der Waals surface area (Å²) < 4.78 is 1.88. The minimum atomic E-state index is 0.00113. The summed E-state index contributed by atoms with van der Waals surface area (Å²) in [7, 11) is 0. The quantitative estimate of drug-likeness (QED) is 0.329. The lowest BCUT2D eigenvalue weighted by molar-refractivity contribution is 0.707. The fraction of sp³-hybridized carbons (Fsp3) is 0.333. The average Bonchev–Trinajstić information content (AvgIpc) is 3.57. The van der Waals surface area contributed by atoms with Crippen LogP contribution in [0.15, 0.2) is 65.6 Å². The molecular formula is C30H28N2O. The second-order valence-corrected chi connectivity index (χ2v) is 9.53. The Morgan fingerprint density at radius 3 is 2.36 bits per heavy atom. The minimum absolute atomic E-state index is 0.00113. The van der Waals surface area contributed by atoms with E-state index in [1.165, 1.54) is 44.1 Å². The highest BCUT2D eigenvalue weighted by atomic mass is 16.1. The molecule has 0 unspecified atom stereocenters. The highest BCUT2D eigenvalue weighted by molar-refractivity contribution is 5.90. The van der Waals surface area contributed by atoms with Gasteiger partial charge in [0.25, 0.3) is 5.56 Å². The molecule has 0 radical (unpaired) electrons. The lowest BCUT2D eigenvalue weighted by Gasteiger charge is -2.21. The normalized spacial score (nSPS) is 17.0. The van der Waals surface area contributed by atoms with Gasteiger partial charge in [0.05, 0.1) is 11.2 Å². The molecule has 2 aliphatic carbocycles. The first-order valence-corrected chi connectivity index (χ1v) is 12.3. The van der Waals surface area contributed by atoms with E-state index >= 15 is 0 Å². The first-order valence-electron chi connectivity index (χ1n) is 12.3. The van der Waals surface area contributed by atoms with E-state index in [9.17, 15) is 4.79 Å². The van der Waals surface area contributed by atoms with Gasteiger partial charge in [-0.25, -0.2) is 0 Å². The molecule has 0 aliphatic heterocycles. The van der Waals surface area contributed by atoms with Gasteiger partial charge < -0.3 is 0 Å². The van der Waals surface area contributed by atoms with E-state index in [1.54, 1.807) is 6.20 Å². The van der Waals surface area contributed by atoms with Crippen molar-refractivity contribution in [1.29, 1.82) is 0 Å². The zero-order valence-corrected chi connectivity index (χ0v) is 18.9. The Balaban J connectivity index is 1.73. The van der Waals surface area contributed by atoms with Gasteiger partial charge in [-0.1, -0.05) is 68.0 Å². The number of aromatic nitrogens is 2. The van der Waals surface area contributed by atoms with Gasteiger partial charge in [0.2, 0.25) is 0 Å². The van der Waals surface area contributed by atoms with Gasteiger partial charge in [-0.3, -0.25) is 14.3 Å². The van der Waals surface area contributed by atoms with Crippen LogP contribution in [0, 0.1) is 17.8 Å². The van der Waals surface area contributed by atoms with Crippen LogP contribution in [-0.2, 0) is 0 Å². The number of hydrogen-bond donors (Lipinski definition) is 0. The molecule has 3 nitrogen and oxygen atoms in total. The van der Waals surface area contributed by atoms with Crippen molar-refractivity contribution in [3.05, 3.63) is 82.4 Å². The summed E-state index contributed by atoms with van der Waals surface area (Å²) in [6, 6.07) is 18.2. The van der Waals surface area contributed by atoms with Crippen molar-refractivity contribution in [1.82, 2.24) is 9.55 Å². The molecule has 2 aliphatic rings. The molecule has 0 spiro atoms. The zero-order valence-electron chi connectivity index (χ0n) is 18.9. The lowest BCUT2D eigenvalue weighted by atomic mass is 9.90. The van der Waals surface area contributed by atoms with Crippen LogP contribution in [-0.4, -0.2) is 9.55 Å². The fourth-order valence-electron chi connectivity index (χ4n) is 5.86. The summed E-state index contributed by atoms with van der Waals surface area (Å²) in [6.07, 6.45) is 11.5. The largest absolute Gasteiger partial charge is 0.268 e. The molecule has 0 amide bonds. The fourth-order valence-corrected chi connectivity index (χ4v) is 5.86. The van der Waals surface area contributed by atoms with Crippen molar-refractivity contribution in [2.24, 2.45) is 5.92 Å². The van der Waals surface area contributed by atoms with Gasteiger partial charge in [0.1, 0.15) is 5.69 Å². The van der Waals surface area contributed by atoms with Gasteiger partial charge >= 0.3 is 0 Å². The van der Waals surface area contributed by atoms with E-state index < -0.39 is 0 Å². The Hall–Kier alpha value is -3.38. The minimum Gasteiger partial charge on any atom is -0.268 e. The second kappa shape index (κ2) is 8.52. The molecule has 164 valence electrons. The summed E-state index contributed by atoms with van der Waals surface area (Å²) >= 11 is 0. The van der Waals surface area contributed by atoms with Crippen LogP contribution in [0.3, 0.4) is 0 Å². The maximum absolute atomic E-state index is 14.0. The molecule has 2 aromatic heterocycles. The molecule has 2 heterocycles. The molecule has 0 saturated heterocycles. The number of benzene rings is 2. The molecule has 4 aromatic rings. The van der Waals surface area contributed by atoms with E-state index in [1.807, 2.05) is 34.9 Å². The van der Waals surface area contributed by atoms with Crippen LogP contribution in [0.25, 0.3) is 27.4 Å². The maximum atomic E-state index is 14.0. The third-order valence-electron chi connectivity index (χ3n) is 7.50. The molecule has 2 fully saturated rings. The first kappa shape index (κ1) is 20.2. The number of para-hydroxylation sites is 1. The van der Waals surface area contributed by atoms with Crippen LogP contribution in [0.5, 0.6) is 0 Å². The number of fused-ring (bicyclic) bond motifs is 2. The molecule has 3 heteroatoms. The van der Waals surface area contributed by atoms with E-state index in [4.69, 9.17) is 0 Å². The van der Waals surface area contributed by atoms with Gasteiger partial charge in [-0.2, -0.15) is 0 Å². The SMILES string of the molecule is O=c1c2ccccc2c(C2CCCC2)c(C#CC2CCCC2)n1-c1cccc2cccnc12. The predicted octanol–water partition coefficient (Wildman–Crippen LogP) is 6.74. The topological polar surface area (TPSA) is 34.9 Å². The standard InChI is InChI=1S/C30H28N2O/c33-30-25-16-6-5-15-24(25)28(22-11-3-4-12-22)26(19-18-21-9-1-2-10-21)32(30)27-17-7-13-23-14-8-20-31-29(23)27/h5-8,13-17,20-22H,1-4,9-12H2. The number of pyridine rings is 2. The summed E-state index contributed by atoms with van der Waals surface area (Å²) in [5, 5.41) is 2.89. The Morgan fingerprint density at radius 2 is 1.55 bits per heavy atom. The highest BCUT2D eigenvalue weighted by Gasteiger charge is 2.26. The van der Waals surface area contributed by atoms with Crippen molar-refractivity contribution in [3.8, 4) is 17.5 Å². The van der Waals surface area contributed by atoms with Crippen molar-refractivity contribution in [2.45, 2.75) is 57.3 Å². The Labute approximate surface area is 194 Å². The maximum Gasteiger partial charge on any atom is 0.264 e. The van der Waals surface area contributed by atoms with E-state index in [0.717, 1.165) is 45.9 Å². The average molecular weight is 433 g/mol.